The predicted molar refractivity (Wildman–Crippen MR) is 65.1 cm³/mol. The van der Waals surface area contributed by atoms with Gasteiger partial charge in [0, 0.05) is 6.07 Å². The summed E-state index contributed by atoms with van der Waals surface area (Å²) in [6, 6.07) is 5.64. The third-order valence-corrected chi connectivity index (χ3v) is 3.16. The van der Waals surface area contributed by atoms with Gasteiger partial charge in [-0.1, -0.05) is 6.07 Å². The highest BCUT2D eigenvalue weighted by atomic mass is 32.1. The van der Waals surface area contributed by atoms with Crippen LogP contribution in [0.1, 0.15) is 17.2 Å². The van der Waals surface area contributed by atoms with Crippen molar-refractivity contribution in [1.82, 2.24) is 0 Å². The number of thiophene rings is 1. The van der Waals surface area contributed by atoms with Crippen LogP contribution in [0.25, 0.3) is 0 Å². The van der Waals surface area contributed by atoms with Gasteiger partial charge in [-0.15, -0.1) is 0 Å². The van der Waals surface area contributed by atoms with Gasteiger partial charge in [0.15, 0.2) is 5.75 Å². The van der Waals surface area contributed by atoms with Crippen molar-refractivity contribution in [2.75, 3.05) is 0 Å². The molecule has 6 heteroatoms. The van der Waals surface area contributed by atoms with Crippen LogP contribution in [-0.4, -0.2) is 10.0 Å². The highest BCUT2D eigenvalue weighted by Gasteiger charge is 2.17. The van der Waals surface area contributed by atoms with Crippen molar-refractivity contribution >= 4 is 17.0 Å². The number of phenols is 1. The van der Waals surface area contributed by atoms with E-state index in [0.717, 1.165) is 5.56 Å². The Kier molecular flexibility index (Phi) is 3.08. The number of hydrogen-bond acceptors (Lipinski definition) is 5. The first kappa shape index (κ1) is 11.6. The van der Waals surface area contributed by atoms with Crippen LogP contribution in [0.15, 0.2) is 35.0 Å². The van der Waals surface area contributed by atoms with E-state index >= 15 is 0 Å². The maximum Gasteiger partial charge on any atom is 0.311 e. The number of rotatable bonds is 3. The topological polar surface area (TPSA) is 89.4 Å². The van der Waals surface area contributed by atoms with Gasteiger partial charge in [0.2, 0.25) is 0 Å². The van der Waals surface area contributed by atoms with Crippen molar-refractivity contribution in [3.63, 3.8) is 0 Å². The third-order valence-electron chi connectivity index (χ3n) is 2.46. The standard InChI is InChI=1S/C11H10N2O3S/c12-11(8-3-4-17-6-8)7-1-2-10(14)9(5-7)13(15)16/h1-6,11,14H,12H2/t11-/m1/s1. The Hall–Kier alpha value is -1.92. The smallest absolute Gasteiger partial charge is 0.311 e. The lowest BCUT2D eigenvalue weighted by atomic mass is 10.0. The summed E-state index contributed by atoms with van der Waals surface area (Å²) in [6.07, 6.45) is 0. The molecule has 3 N–H and O–H groups in total. The largest absolute Gasteiger partial charge is 0.502 e. The molecule has 1 aromatic heterocycles. The average Bonchev–Trinajstić information content (AvgIpc) is 2.81. The van der Waals surface area contributed by atoms with E-state index in [9.17, 15) is 15.2 Å². The molecular formula is C11H10N2O3S. The summed E-state index contributed by atoms with van der Waals surface area (Å²) < 4.78 is 0. The summed E-state index contributed by atoms with van der Waals surface area (Å²) in [6.45, 7) is 0. The molecule has 0 aliphatic rings. The maximum absolute atomic E-state index is 10.7. The van der Waals surface area contributed by atoms with Crippen molar-refractivity contribution in [2.45, 2.75) is 6.04 Å². The first-order chi connectivity index (χ1) is 8.09. The molecule has 0 amide bonds. The second kappa shape index (κ2) is 4.52. The number of nitro benzene ring substituents is 1. The third kappa shape index (κ3) is 2.27. The van der Waals surface area contributed by atoms with Crippen LogP contribution in [0.2, 0.25) is 0 Å². The fraction of sp³-hybridized carbons (Fsp3) is 0.0909. The van der Waals surface area contributed by atoms with Crippen molar-refractivity contribution in [1.29, 1.82) is 0 Å². The summed E-state index contributed by atoms with van der Waals surface area (Å²) >= 11 is 1.51. The molecule has 0 bridgehead atoms. The number of nitrogens with two attached hydrogens (primary N) is 1. The van der Waals surface area contributed by atoms with Gasteiger partial charge in [0.1, 0.15) is 0 Å². The van der Waals surface area contributed by atoms with E-state index in [4.69, 9.17) is 5.73 Å². The van der Waals surface area contributed by atoms with Crippen LogP contribution in [0.3, 0.4) is 0 Å². The first-order valence-electron chi connectivity index (χ1n) is 4.84. The molecule has 0 aliphatic heterocycles. The molecule has 1 aromatic carbocycles. The number of aromatic hydroxyl groups is 1. The fourth-order valence-electron chi connectivity index (χ4n) is 1.52. The lowest BCUT2D eigenvalue weighted by Crippen LogP contribution is -2.11. The Morgan fingerprint density at radius 3 is 2.71 bits per heavy atom. The zero-order chi connectivity index (χ0) is 12.4. The Morgan fingerprint density at radius 2 is 2.12 bits per heavy atom. The number of nitrogens with zero attached hydrogens (tertiary/aromatic N) is 1. The highest BCUT2D eigenvalue weighted by Crippen LogP contribution is 2.30. The van der Waals surface area contributed by atoms with E-state index in [1.807, 2.05) is 16.8 Å². The quantitative estimate of drug-likeness (QED) is 0.646. The highest BCUT2D eigenvalue weighted by molar-refractivity contribution is 7.08. The maximum atomic E-state index is 10.7. The van der Waals surface area contributed by atoms with Gasteiger partial charge < -0.3 is 10.8 Å². The molecule has 17 heavy (non-hydrogen) atoms. The van der Waals surface area contributed by atoms with E-state index in [1.165, 1.54) is 23.5 Å². The Balaban J connectivity index is 2.40. The van der Waals surface area contributed by atoms with Gasteiger partial charge in [-0.3, -0.25) is 10.1 Å². The Morgan fingerprint density at radius 1 is 1.35 bits per heavy atom. The monoisotopic (exact) mass is 250 g/mol. The SMILES string of the molecule is N[C@@H](c1ccsc1)c1ccc(O)c([N+](=O)[O-])c1. The zero-order valence-electron chi connectivity index (χ0n) is 8.74. The van der Waals surface area contributed by atoms with Gasteiger partial charge in [-0.05, 0) is 34.0 Å². The number of hydrogen-bond donors (Lipinski definition) is 2. The molecule has 0 unspecified atom stereocenters. The number of benzene rings is 1. The summed E-state index contributed by atoms with van der Waals surface area (Å²) in [7, 11) is 0. The molecular weight excluding hydrogens is 240 g/mol. The van der Waals surface area contributed by atoms with Gasteiger partial charge in [0.25, 0.3) is 0 Å². The van der Waals surface area contributed by atoms with Crippen molar-refractivity contribution in [3.05, 3.63) is 56.3 Å². The van der Waals surface area contributed by atoms with E-state index in [0.29, 0.717) is 5.56 Å². The van der Waals surface area contributed by atoms with Crippen molar-refractivity contribution in [2.24, 2.45) is 5.73 Å². The second-order valence-corrected chi connectivity index (χ2v) is 4.32. The molecule has 0 fully saturated rings. The van der Waals surface area contributed by atoms with Crippen LogP contribution in [0, 0.1) is 10.1 Å². The van der Waals surface area contributed by atoms with Gasteiger partial charge in [-0.25, -0.2) is 0 Å². The molecule has 0 radical (unpaired) electrons. The van der Waals surface area contributed by atoms with E-state index in [-0.39, 0.29) is 11.4 Å². The molecule has 0 saturated heterocycles. The van der Waals surface area contributed by atoms with Crippen molar-refractivity contribution in [3.8, 4) is 5.75 Å². The molecule has 0 spiro atoms. The average molecular weight is 250 g/mol. The minimum absolute atomic E-state index is 0.326. The van der Waals surface area contributed by atoms with E-state index in [2.05, 4.69) is 0 Å². The number of phenolic OH excluding ortho intramolecular Hbond substituents is 1. The molecule has 1 heterocycles. The Bertz CT molecular complexity index is 540. The van der Waals surface area contributed by atoms with Crippen LogP contribution in [0.5, 0.6) is 5.75 Å². The van der Waals surface area contributed by atoms with Crippen LogP contribution >= 0.6 is 11.3 Å². The molecule has 2 rings (SSSR count). The molecule has 5 nitrogen and oxygen atoms in total. The minimum Gasteiger partial charge on any atom is -0.502 e. The lowest BCUT2D eigenvalue weighted by Gasteiger charge is -2.10. The van der Waals surface area contributed by atoms with Gasteiger partial charge >= 0.3 is 5.69 Å². The summed E-state index contributed by atoms with van der Waals surface area (Å²) in [4.78, 5) is 10.1. The van der Waals surface area contributed by atoms with Gasteiger partial charge in [-0.2, -0.15) is 11.3 Å². The summed E-state index contributed by atoms with van der Waals surface area (Å²) in [5, 5.41) is 23.8. The minimum atomic E-state index is -0.626. The summed E-state index contributed by atoms with van der Waals surface area (Å²) in [5.41, 5.74) is 7.16. The first-order valence-corrected chi connectivity index (χ1v) is 5.79. The fourth-order valence-corrected chi connectivity index (χ4v) is 2.22. The van der Waals surface area contributed by atoms with E-state index in [1.54, 1.807) is 6.07 Å². The lowest BCUT2D eigenvalue weighted by molar-refractivity contribution is -0.385. The Labute approximate surface area is 101 Å². The number of nitro groups is 1. The molecule has 1 atom stereocenters. The summed E-state index contributed by atoms with van der Waals surface area (Å²) in [5.74, 6) is -0.351. The molecule has 0 saturated carbocycles. The van der Waals surface area contributed by atoms with Crippen LogP contribution in [0.4, 0.5) is 5.69 Å². The van der Waals surface area contributed by atoms with Gasteiger partial charge in [0.05, 0.1) is 11.0 Å². The molecule has 0 aliphatic carbocycles. The molecule has 2 aromatic rings. The van der Waals surface area contributed by atoms with Crippen LogP contribution < -0.4 is 5.73 Å². The molecule has 88 valence electrons. The second-order valence-electron chi connectivity index (χ2n) is 3.54. The predicted octanol–water partition coefficient (Wildman–Crippen LogP) is 2.41. The van der Waals surface area contributed by atoms with Crippen molar-refractivity contribution < 1.29 is 10.0 Å². The normalized spacial score (nSPS) is 12.3. The van der Waals surface area contributed by atoms with Crippen LogP contribution in [-0.2, 0) is 0 Å². The van der Waals surface area contributed by atoms with E-state index < -0.39 is 11.0 Å². The zero-order valence-corrected chi connectivity index (χ0v) is 9.55.